The van der Waals surface area contributed by atoms with Gasteiger partial charge < -0.3 is 5.73 Å². The monoisotopic (exact) mass is 333 g/mol. The molecule has 0 aliphatic heterocycles. The zero-order valence-corrected chi connectivity index (χ0v) is 12.1. The number of amides is 1. The molecular weight excluding hydrogens is 323 g/mol. The number of aromatic nitrogens is 2. The van der Waals surface area contributed by atoms with Crippen LogP contribution in [0.4, 0.5) is 13.2 Å². The summed E-state index contributed by atoms with van der Waals surface area (Å²) >= 11 is 2.43. The van der Waals surface area contributed by atoms with E-state index < -0.39 is 22.9 Å². The summed E-state index contributed by atoms with van der Waals surface area (Å²) in [6.45, 7) is 0. The number of thioether (sulfide) groups is 1. The van der Waals surface area contributed by atoms with Gasteiger partial charge in [0.25, 0.3) is 0 Å². The predicted octanol–water partition coefficient (Wildman–Crippen LogP) is 2.75. The van der Waals surface area contributed by atoms with Gasteiger partial charge >= 0.3 is 6.18 Å². The number of nitrogens with zero attached hydrogens (tertiary/aromatic N) is 2. The van der Waals surface area contributed by atoms with Gasteiger partial charge in [0.1, 0.15) is 5.51 Å². The zero-order chi connectivity index (χ0) is 15.5. The van der Waals surface area contributed by atoms with Gasteiger partial charge in [0, 0.05) is 0 Å². The maximum atomic E-state index is 12.5. The van der Waals surface area contributed by atoms with Crippen molar-refractivity contribution in [1.82, 2.24) is 10.2 Å². The molecule has 0 radical (unpaired) electrons. The molecule has 1 amide bonds. The Morgan fingerprint density at radius 3 is 2.48 bits per heavy atom. The van der Waals surface area contributed by atoms with Crippen LogP contribution in [0, 0.1) is 0 Å². The molecule has 2 N–H and O–H groups in total. The van der Waals surface area contributed by atoms with E-state index in [0.29, 0.717) is 9.90 Å². The van der Waals surface area contributed by atoms with Crippen LogP contribution in [0.1, 0.15) is 11.1 Å². The lowest BCUT2D eigenvalue weighted by molar-refractivity contribution is -0.137. The smallest absolute Gasteiger partial charge is 0.369 e. The lowest BCUT2D eigenvalue weighted by Crippen LogP contribution is -2.27. The minimum atomic E-state index is -4.37. The fourth-order valence-electron chi connectivity index (χ4n) is 1.58. The molecule has 1 aromatic carbocycles. The van der Waals surface area contributed by atoms with Gasteiger partial charge in [-0.05, 0) is 24.1 Å². The lowest BCUT2D eigenvalue weighted by Gasteiger charge is -2.12. The Morgan fingerprint density at radius 2 is 2.00 bits per heavy atom. The molecule has 0 aliphatic carbocycles. The van der Waals surface area contributed by atoms with E-state index in [1.165, 1.54) is 29.0 Å². The summed E-state index contributed by atoms with van der Waals surface area (Å²) in [4.78, 5) is 11.4. The van der Waals surface area contributed by atoms with Crippen LogP contribution >= 0.6 is 23.1 Å². The van der Waals surface area contributed by atoms with E-state index in [1.807, 2.05) is 0 Å². The van der Waals surface area contributed by atoms with Crippen LogP contribution in [-0.4, -0.2) is 21.4 Å². The highest BCUT2D eigenvalue weighted by molar-refractivity contribution is 8.02. The van der Waals surface area contributed by atoms with Crippen molar-refractivity contribution in [3.05, 3.63) is 40.9 Å². The molecule has 4 nitrogen and oxygen atoms in total. The molecule has 0 spiro atoms. The summed E-state index contributed by atoms with van der Waals surface area (Å²) in [7, 11) is 0. The summed E-state index contributed by atoms with van der Waals surface area (Å²) in [5.74, 6) is -0.546. The first-order valence-corrected chi connectivity index (χ1v) is 7.50. The molecule has 0 fully saturated rings. The lowest BCUT2D eigenvalue weighted by atomic mass is 10.1. The van der Waals surface area contributed by atoms with E-state index >= 15 is 0 Å². The third kappa shape index (κ3) is 4.43. The minimum Gasteiger partial charge on any atom is -0.369 e. The van der Waals surface area contributed by atoms with Crippen LogP contribution in [0.2, 0.25) is 0 Å². The van der Waals surface area contributed by atoms with Crippen LogP contribution < -0.4 is 5.73 Å². The number of hydrogen-bond donors (Lipinski definition) is 1. The maximum Gasteiger partial charge on any atom is 0.416 e. The number of rotatable bonds is 5. The van der Waals surface area contributed by atoms with Crippen molar-refractivity contribution in [1.29, 1.82) is 0 Å². The Morgan fingerprint density at radius 1 is 1.33 bits per heavy atom. The number of primary amides is 1. The molecule has 0 bridgehead atoms. The summed E-state index contributed by atoms with van der Waals surface area (Å²) in [5.41, 5.74) is 6.72. The second kappa shape index (κ2) is 6.44. The highest BCUT2D eigenvalue weighted by atomic mass is 32.2. The highest BCUT2D eigenvalue weighted by Crippen LogP contribution is 2.30. The first-order chi connectivity index (χ1) is 9.86. The van der Waals surface area contributed by atoms with E-state index in [0.717, 1.165) is 23.9 Å². The molecule has 21 heavy (non-hydrogen) atoms. The maximum absolute atomic E-state index is 12.5. The fourth-order valence-corrected chi connectivity index (χ4v) is 3.29. The molecule has 0 aliphatic rings. The third-order valence-electron chi connectivity index (χ3n) is 2.60. The number of nitrogens with two attached hydrogens (primary N) is 1. The van der Waals surface area contributed by atoms with Crippen molar-refractivity contribution in [3.63, 3.8) is 0 Å². The van der Waals surface area contributed by atoms with Gasteiger partial charge in [0.05, 0.1) is 10.8 Å². The van der Waals surface area contributed by atoms with Gasteiger partial charge in [-0.1, -0.05) is 35.2 Å². The quantitative estimate of drug-likeness (QED) is 0.854. The second-order valence-electron chi connectivity index (χ2n) is 4.11. The number of alkyl halides is 3. The van der Waals surface area contributed by atoms with Gasteiger partial charge in [-0.25, -0.2) is 0 Å². The molecule has 9 heteroatoms. The molecule has 112 valence electrons. The molecule has 2 rings (SSSR count). The number of hydrogen-bond acceptors (Lipinski definition) is 5. The standard InChI is InChI=1S/C12H10F3N3OS2/c13-12(14,15)8-3-1-7(2-4-8)5-9(10(16)19)21-11-18-17-6-20-11/h1-4,6,9H,5H2,(H2,16,19)/t9-/m1/s1. The number of halogens is 3. The summed E-state index contributed by atoms with van der Waals surface area (Å²) in [6, 6.07) is 4.67. The SMILES string of the molecule is NC(=O)[C@@H](Cc1ccc(C(F)(F)F)cc1)Sc1nncs1. The van der Waals surface area contributed by atoms with E-state index in [1.54, 1.807) is 0 Å². The average molecular weight is 333 g/mol. The van der Waals surface area contributed by atoms with E-state index in [-0.39, 0.29) is 6.42 Å². The molecule has 1 heterocycles. The number of carbonyl (C=O) groups excluding carboxylic acids is 1. The molecule has 0 unspecified atom stereocenters. The van der Waals surface area contributed by atoms with Crippen LogP contribution in [0.25, 0.3) is 0 Å². The number of carbonyl (C=O) groups is 1. The van der Waals surface area contributed by atoms with E-state index in [2.05, 4.69) is 10.2 Å². The third-order valence-corrected chi connectivity index (χ3v) is 4.63. The molecule has 1 atom stereocenters. The normalized spacial score (nSPS) is 13.1. The van der Waals surface area contributed by atoms with Crippen LogP contribution in [0.15, 0.2) is 34.1 Å². The Hall–Kier alpha value is -1.61. The molecule has 0 saturated heterocycles. The van der Waals surface area contributed by atoms with Gasteiger partial charge in [-0.3, -0.25) is 4.79 Å². The van der Waals surface area contributed by atoms with E-state index in [9.17, 15) is 18.0 Å². The van der Waals surface area contributed by atoms with Crippen molar-refractivity contribution in [2.45, 2.75) is 22.2 Å². The Kier molecular flexibility index (Phi) is 4.84. The van der Waals surface area contributed by atoms with E-state index in [4.69, 9.17) is 5.73 Å². The average Bonchev–Trinajstić information content (AvgIpc) is 2.90. The topological polar surface area (TPSA) is 68.9 Å². The van der Waals surface area contributed by atoms with Crippen molar-refractivity contribution in [3.8, 4) is 0 Å². The van der Waals surface area contributed by atoms with Crippen LogP contribution in [0.3, 0.4) is 0 Å². The fraction of sp³-hybridized carbons (Fsp3) is 0.250. The Labute approximate surface area is 126 Å². The zero-order valence-electron chi connectivity index (χ0n) is 10.5. The largest absolute Gasteiger partial charge is 0.416 e. The first kappa shape index (κ1) is 15.8. The predicted molar refractivity (Wildman–Crippen MR) is 73.9 cm³/mol. The van der Waals surface area contributed by atoms with Gasteiger partial charge in [0.2, 0.25) is 5.91 Å². The molecular formula is C12H10F3N3OS2. The minimum absolute atomic E-state index is 0.234. The molecule has 2 aromatic rings. The van der Waals surface area contributed by atoms with Crippen LogP contribution in [0.5, 0.6) is 0 Å². The van der Waals surface area contributed by atoms with Crippen LogP contribution in [-0.2, 0) is 17.4 Å². The summed E-state index contributed by atoms with van der Waals surface area (Å²) < 4.78 is 38.0. The summed E-state index contributed by atoms with van der Waals surface area (Å²) in [6.07, 6.45) is -4.14. The molecule has 1 aromatic heterocycles. The van der Waals surface area contributed by atoms with Gasteiger partial charge in [-0.15, -0.1) is 10.2 Å². The number of benzene rings is 1. The van der Waals surface area contributed by atoms with Gasteiger partial charge in [0.15, 0.2) is 4.34 Å². The first-order valence-electron chi connectivity index (χ1n) is 5.74. The van der Waals surface area contributed by atoms with Crippen molar-refractivity contribution in [2.75, 3.05) is 0 Å². The van der Waals surface area contributed by atoms with Crippen molar-refractivity contribution < 1.29 is 18.0 Å². The molecule has 0 saturated carbocycles. The second-order valence-corrected chi connectivity index (χ2v) is 6.40. The van der Waals surface area contributed by atoms with Crippen molar-refractivity contribution in [2.24, 2.45) is 5.73 Å². The highest BCUT2D eigenvalue weighted by Gasteiger charge is 2.30. The van der Waals surface area contributed by atoms with Gasteiger partial charge in [-0.2, -0.15) is 13.2 Å². The van der Waals surface area contributed by atoms with Crippen molar-refractivity contribution >= 4 is 29.0 Å². The summed E-state index contributed by atoms with van der Waals surface area (Å²) in [5, 5.41) is 6.85. The Bertz CT molecular complexity index is 599. The Balaban J connectivity index is 2.08.